The maximum atomic E-state index is 12.3. The van der Waals surface area contributed by atoms with Crippen molar-refractivity contribution in [1.82, 2.24) is 9.97 Å². The molecule has 2 aromatic heterocycles. The maximum absolute atomic E-state index is 12.3. The first-order chi connectivity index (χ1) is 8.47. The summed E-state index contributed by atoms with van der Waals surface area (Å²) in [5.41, 5.74) is -0.162. The molecule has 0 bridgehead atoms. The van der Waals surface area contributed by atoms with E-state index in [1.165, 1.54) is 6.07 Å². The minimum atomic E-state index is -4.44. The minimum absolute atomic E-state index is 0.213. The fraction of sp³-hybridized carbons (Fsp3) is 0.167. The van der Waals surface area contributed by atoms with Crippen molar-refractivity contribution < 1.29 is 17.9 Å². The number of rotatable bonds is 2. The van der Waals surface area contributed by atoms with Crippen LogP contribution in [0.15, 0.2) is 36.7 Å². The highest BCUT2D eigenvalue weighted by atomic mass is 19.4. The van der Waals surface area contributed by atoms with Crippen LogP contribution < -0.4 is 4.74 Å². The third-order valence-electron chi connectivity index (χ3n) is 2.20. The molecule has 0 fully saturated rings. The number of ether oxygens (including phenoxy) is 1. The molecule has 0 spiro atoms. The number of hydrogen-bond donors (Lipinski definition) is 0. The summed E-state index contributed by atoms with van der Waals surface area (Å²) in [6.45, 7) is 1.79. The van der Waals surface area contributed by atoms with Crippen molar-refractivity contribution >= 4 is 0 Å². The molecular weight excluding hydrogens is 245 g/mol. The second-order valence-corrected chi connectivity index (χ2v) is 3.60. The number of nitrogens with zero attached hydrogens (tertiary/aromatic N) is 2. The number of aryl methyl sites for hydroxylation is 1. The summed E-state index contributed by atoms with van der Waals surface area (Å²) in [5, 5.41) is 0. The van der Waals surface area contributed by atoms with Crippen LogP contribution >= 0.6 is 0 Å². The Bertz CT molecular complexity index is 538. The highest BCUT2D eigenvalue weighted by molar-refractivity contribution is 5.30. The van der Waals surface area contributed by atoms with Crippen LogP contribution in [-0.4, -0.2) is 9.97 Å². The Balaban J connectivity index is 2.19. The first kappa shape index (κ1) is 12.3. The number of alkyl halides is 3. The molecule has 0 aliphatic carbocycles. The van der Waals surface area contributed by atoms with E-state index >= 15 is 0 Å². The van der Waals surface area contributed by atoms with E-state index < -0.39 is 11.9 Å². The lowest BCUT2D eigenvalue weighted by Crippen LogP contribution is -2.07. The molecule has 2 aromatic rings. The van der Waals surface area contributed by atoms with Gasteiger partial charge in [0.05, 0.1) is 6.20 Å². The molecule has 0 atom stereocenters. The van der Waals surface area contributed by atoms with Gasteiger partial charge in [0.1, 0.15) is 11.4 Å². The second kappa shape index (κ2) is 4.64. The van der Waals surface area contributed by atoms with Gasteiger partial charge in [0, 0.05) is 11.8 Å². The lowest BCUT2D eigenvalue weighted by atomic mass is 10.3. The zero-order chi connectivity index (χ0) is 13.2. The molecule has 0 saturated carbocycles. The molecule has 0 radical (unpaired) electrons. The van der Waals surface area contributed by atoms with Gasteiger partial charge in [-0.3, -0.25) is 0 Å². The fourth-order valence-electron chi connectivity index (χ4n) is 1.30. The van der Waals surface area contributed by atoms with Crippen molar-refractivity contribution in [3.63, 3.8) is 0 Å². The lowest BCUT2D eigenvalue weighted by molar-refractivity contribution is -0.141. The topological polar surface area (TPSA) is 35.0 Å². The average Bonchev–Trinajstić information content (AvgIpc) is 2.32. The molecule has 2 heterocycles. The van der Waals surface area contributed by atoms with Gasteiger partial charge >= 0.3 is 6.18 Å². The van der Waals surface area contributed by atoms with Gasteiger partial charge < -0.3 is 4.74 Å². The van der Waals surface area contributed by atoms with Gasteiger partial charge in [0.15, 0.2) is 0 Å². The summed E-state index contributed by atoms with van der Waals surface area (Å²) < 4.78 is 42.2. The van der Waals surface area contributed by atoms with Gasteiger partial charge in [-0.2, -0.15) is 13.2 Å². The zero-order valence-corrected chi connectivity index (χ0v) is 9.40. The zero-order valence-electron chi connectivity index (χ0n) is 9.40. The Morgan fingerprint density at radius 2 is 1.89 bits per heavy atom. The number of halogens is 3. The largest absolute Gasteiger partial charge is 0.437 e. The Morgan fingerprint density at radius 1 is 1.11 bits per heavy atom. The van der Waals surface area contributed by atoms with Crippen LogP contribution in [-0.2, 0) is 6.18 Å². The van der Waals surface area contributed by atoms with Crippen molar-refractivity contribution in [3.05, 3.63) is 47.9 Å². The normalized spacial score (nSPS) is 11.3. The van der Waals surface area contributed by atoms with Crippen LogP contribution in [0.2, 0.25) is 0 Å². The highest BCUT2D eigenvalue weighted by Gasteiger charge is 2.32. The Labute approximate surface area is 101 Å². The fourth-order valence-corrected chi connectivity index (χ4v) is 1.30. The van der Waals surface area contributed by atoms with Gasteiger partial charge in [0.2, 0.25) is 5.88 Å². The third kappa shape index (κ3) is 2.77. The second-order valence-electron chi connectivity index (χ2n) is 3.60. The molecule has 0 aliphatic rings. The van der Waals surface area contributed by atoms with E-state index in [-0.39, 0.29) is 5.75 Å². The third-order valence-corrected chi connectivity index (χ3v) is 2.20. The average molecular weight is 254 g/mol. The molecule has 2 rings (SSSR count). The van der Waals surface area contributed by atoms with E-state index in [1.54, 1.807) is 25.3 Å². The van der Waals surface area contributed by atoms with Crippen molar-refractivity contribution in [1.29, 1.82) is 0 Å². The standard InChI is InChI=1S/C12H9F3N2O/c1-8-3-2-6-16-11(8)18-9-4-5-10(17-7-9)12(13,14)15/h2-7H,1H3. The summed E-state index contributed by atoms with van der Waals surface area (Å²) in [6, 6.07) is 5.62. The molecule has 0 N–H and O–H groups in total. The SMILES string of the molecule is Cc1cccnc1Oc1ccc(C(F)(F)F)nc1. The number of pyridine rings is 2. The van der Waals surface area contributed by atoms with Crippen LogP contribution in [0, 0.1) is 6.92 Å². The first-order valence-electron chi connectivity index (χ1n) is 5.09. The summed E-state index contributed by atoms with van der Waals surface area (Å²) in [5.74, 6) is 0.559. The smallest absolute Gasteiger partial charge is 0.433 e. The van der Waals surface area contributed by atoms with Crippen LogP contribution in [0.1, 0.15) is 11.3 Å². The first-order valence-corrected chi connectivity index (χ1v) is 5.09. The summed E-state index contributed by atoms with van der Waals surface area (Å²) in [6.07, 6.45) is -1.88. The summed E-state index contributed by atoms with van der Waals surface area (Å²) in [4.78, 5) is 7.27. The highest BCUT2D eigenvalue weighted by Crippen LogP contribution is 2.29. The molecule has 0 saturated heterocycles. The molecule has 0 aromatic carbocycles. The molecule has 18 heavy (non-hydrogen) atoms. The van der Waals surface area contributed by atoms with E-state index in [0.29, 0.717) is 5.88 Å². The molecule has 0 amide bonds. The Hall–Kier alpha value is -2.11. The summed E-state index contributed by atoms with van der Waals surface area (Å²) in [7, 11) is 0. The van der Waals surface area contributed by atoms with Crippen molar-refractivity contribution in [3.8, 4) is 11.6 Å². The summed E-state index contributed by atoms with van der Waals surface area (Å²) >= 11 is 0. The predicted molar refractivity (Wildman–Crippen MR) is 58.3 cm³/mol. The number of aromatic nitrogens is 2. The van der Waals surface area contributed by atoms with Crippen LogP contribution in [0.3, 0.4) is 0 Å². The predicted octanol–water partition coefficient (Wildman–Crippen LogP) is 3.60. The van der Waals surface area contributed by atoms with Crippen LogP contribution in [0.25, 0.3) is 0 Å². The van der Waals surface area contributed by atoms with E-state index in [0.717, 1.165) is 17.8 Å². The van der Waals surface area contributed by atoms with E-state index in [2.05, 4.69) is 9.97 Å². The van der Waals surface area contributed by atoms with E-state index in [4.69, 9.17) is 4.74 Å². The minimum Gasteiger partial charge on any atom is -0.437 e. The van der Waals surface area contributed by atoms with Gasteiger partial charge in [-0.15, -0.1) is 0 Å². The lowest BCUT2D eigenvalue weighted by Gasteiger charge is -2.08. The van der Waals surface area contributed by atoms with Gasteiger partial charge in [-0.1, -0.05) is 6.07 Å². The van der Waals surface area contributed by atoms with Crippen LogP contribution in [0.5, 0.6) is 11.6 Å². The maximum Gasteiger partial charge on any atom is 0.433 e. The molecule has 0 aliphatic heterocycles. The van der Waals surface area contributed by atoms with Gasteiger partial charge in [0.25, 0.3) is 0 Å². The quantitative estimate of drug-likeness (QED) is 0.821. The van der Waals surface area contributed by atoms with Crippen molar-refractivity contribution in [2.45, 2.75) is 13.1 Å². The van der Waals surface area contributed by atoms with Crippen molar-refractivity contribution in [2.24, 2.45) is 0 Å². The molecular formula is C12H9F3N2O. The molecule has 0 unspecified atom stereocenters. The van der Waals surface area contributed by atoms with E-state index in [9.17, 15) is 13.2 Å². The van der Waals surface area contributed by atoms with E-state index in [1.807, 2.05) is 0 Å². The molecule has 6 heteroatoms. The van der Waals surface area contributed by atoms with Gasteiger partial charge in [-0.05, 0) is 25.1 Å². The molecule has 3 nitrogen and oxygen atoms in total. The Morgan fingerprint density at radius 3 is 2.44 bits per heavy atom. The van der Waals surface area contributed by atoms with Crippen molar-refractivity contribution in [2.75, 3.05) is 0 Å². The Kier molecular flexibility index (Phi) is 3.18. The van der Waals surface area contributed by atoms with Crippen LogP contribution in [0.4, 0.5) is 13.2 Å². The monoisotopic (exact) mass is 254 g/mol. The number of hydrogen-bond acceptors (Lipinski definition) is 3. The molecule has 94 valence electrons. The van der Waals surface area contributed by atoms with Gasteiger partial charge in [-0.25, -0.2) is 9.97 Å².